The highest BCUT2D eigenvalue weighted by molar-refractivity contribution is 5.78. The van der Waals surface area contributed by atoms with Gasteiger partial charge in [0.05, 0.1) is 12.8 Å². The number of anilines is 1. The van der Waals surface area contributed by atoms with Crippen LogP contribution in [0.25, 0.3) is 11.3 Å². The number of ether oxygens (including phenoxy) is 2. The van der Waals surface area contributed by atoms with Gasteiger partial charge < -0.3 is 19.3 Å². The lowest BCUT2D eigenvalue weighted by molar-refractivity contribution is -0.133. The number of amides is 1. The fraction of sp³-hybridized carbons (Fsp3) is 0.320. The molecule has 0 bridgehead atoms. The van der Waals surface area contributed by atoms with Crippen molar-refractivity contribution in [2.75, 3.05) is 44.8 Å². The Bertz CT molecular complexity index is 1080. The summed E-state index contributed by atoms with van der Waals surface area (Å²) in [6.45, 7) is 6.82. The van der Waals surface area contributed by atoms with Crippen LogP contribution in [-0.4, -0.2) is 60.9 Å². The summed E-state index contributed by atoms with van der Waals surface area (Å²) in [5.41, 5.74) is 4.39. The molecule has 0 saturated carbocycles. The molecule has 1 saturated heterocycles. The molecule has 0 N–H and O–H groups in total. The van der Waals surface area contributed by atoms with Crippen molar-refractivity contribution in [3.63, 3.8) is 0 Å². The zero-order valence-electron chi connectivity index (χ0n) is 18.7. The predicted molar refractivity (Wildman–Crippen MR) is 124 cm³/mol. The van der Waals surface area contributed by atoms with Crippen LogP contribution in [0.1, 0.15) is 11.1 Å². The monoisotopic (exact) mass is 432 g/mol. The Morgan fingerprint density at radius 3 is 2.34 bits per heavy atom. The SMILES string of the molecule is COc1ccccc1OCC(=O)N1CCN(c2ccc(-c3ccc(C)cc3C)nn2)CC1. The third-order valence-corrected chi connectivity index (χ3v) is 5.68. The minimum absolute atomic E-state index is 0.00915. The number of aromatic nitrogens is 2. The summed E-state index contributed by atoms with van der Waals surface area (Å²) in [4.78, 5) is 16.6. The number of carbonyl (C=O) groups excluding carboxylic acids is 1. The number of rotatable bonds is 6. The van der Waals surface area contributed by atoms with Crippen molar-refractivity contribution in [3.8, 4) is 22.8 Å². The minimum atomic E-state index is -0.0353. The van der Waals surface area contributed by atoms with Gasteiger partial charge in [-0.15, -0.1) is 10.2 Å². The number of hydrogen-bond acceptors (Lipinski definition) is 6. The Labute approximate surface area is 188 Å². The van der Waals surface area contributed by atoms with Crippen molar-refractivity contribution in [1.82, 2.24) is 15.1 Å². The lowest BCUT2D eigenvalue weighted by Crippen LogP contribution is -2.50. The van der Waals surface area contributed by atoms with Crippen LogP contribution in [0.15, 0.2) is 54.6 Å². The maximum Gasteiger partial charge on any atom is 0.260 e. The highest BCUT2D eigenvalue weighted by Gasteiger charge is 2.23. The van der Waals surface area contributed by atoms with Gasteiger partial charge in [-0.1, -0.05) is 35.9 Å². The van der Waals surface area contributed by atoms with E-state index in [0.29, 0.717) is 37.7 Å². The maximum atomic E-state index is 12.6. The van der Waals surface area contributed by atoms with Gasteiger partial charge in [-0.2, -0.15) is 0 Å². The van der Waals surface area contributed by atoms with Crippen LogP contribution in [0, 0.1) is 13.8 Å². The molecular weight excluding hydrogens is 404 g/mol. The molecule has 2 aromatic carbocycles. The Hall–Kier alpha value is -3.61. The first-order valence-electron chi connectivity index (χ1n) is 10.7. The number of aryl methyl sites for hydroxylation is 2. The molecule has 0 spiro atoms. The molecule has 7 nitrogen and oxygen atoms in total. The molecule has 1 amide bonds. The van der Waals surface area contributed by atoms with Gasteiger partial charge in [0.1, 0.15) is 0 Å². The van der Waals surface area contributed by atoms with Gasteiger partial charge in [-0.3, -0.25) is 4.79 Å². The minimum Gasteiger partial charge on any atom is -0.493 e. The molecule has 3 aromatic rings. The van der Waals surface area contributed by atoms with E-state index in [4.69, 9.17) is 9.47 Å². The van der Waals surface area contributed by atoms with Crippen LogP contribution in [-0.2, 0) is 4.79 Å². The molecule has 0 aliphatic carbocycles. The van der Waals surface area contributed by atoms with E-state index in [1.54, 1.807) is 13.2 Å². The Balaban J connectivity index is 1.32. The van der Waals surface area contributed by atoms with Gasteiger partial charge in [0.25, 0.3) is 5.91 Å². The topological polar surface area (TPSA) is 67.8 Å². The van der Waals surface area contributed by atoms with E-state index < -0.39 is 0 Å². The van der Waals surface area contributed by atoms with E-state index in [-0.39, 0.29) is 12.5 Å². The lowest BCUT2D eigenvalue weighted by Gasteiger charge is -2.35. The Kier molecular flexibility index (Phi) is 6.54. The lowest BCUT2D eigenvalue weighted by atomic mass is 10.0. The molecule has 7 heteroatoms. The van der Waals surface area contributed by atoms with Gasteiger partial charge in [-0.25, -0.2) is 0 Å². The van der Waals surface area contributed by atoms with E-state index in [1.165, 1.54) is 11.1 Å². The summed E-state index contributed by atoms with van der Waals surface area (Å²) in [6, 6.07) is 17.7. The molecule has 32 heavy (non-hydrogen) atoms. The van der Waals surface area contributed by atoms with E-state index in [1.807, 2.05) is 35.2 Å². The standard InChI is InChI=1S/C25H28N4O3/c1-18-8-9-20(19(2)16-18)21-10-11-24(27-26-21)28-12-14-29(15-13-28)25(30)17-32-23-7-5-4-6-22(23)31-3/h4-11,16H,12-15,17H2,1-3H3. The highest BCUT2D eigenvalue weighted by atomic mass is 16.5. The number of hydrogen-bond donors (Lipinski definition) is 0. The molecule has 2 heterocycles. The van der Waals surface area contributed by atoms with Crippen molar-refractivity contribution >= 4 is 11.7 Å². The van der Waals surface area contributed by atoms with Crippen LogP contribution in [0.4, 0.5) is 5.82 Å². The van der Waals surface area contributed by atoms with E-state index in [0.717, 1.165) is 17.1 Å². The molecular formula is C25H28N4O3. The summed E-state index contributed by atoms with van der Waals surface area (Å²) in [7, 11) is 1.58. The van der Waals surface area contributed by atoms with Crippen molar-refractivity contribution in [2.24, 2.45) is 0 Å². The molecule has 0 radical (unpaired) electrons. The molecule has 0 atom stereocenters. The molecule has 1 aliphatic heterocycles. The molecule has 1 aliphatic rings. The molecule has 1 aromatic heterocycles. The van der Waals surface area contributed by atoms with Gasteiger partial charge in [0.15, 0.2) is 23.9 Å². The summed E-state index contributed by atoms with van der Waals surface area (Å²) in [5.74, 6) is 1.98. The quantitative estimate of drug-likeness (QED) is 0.594. The fourth-order valence-corrected chi connectivity index (χ4v) is 3.89. The zero-order chi connectivity index (χ0) is 22.5. The smallest absolute Gasteiger partial charge is 0.260 e. The number of piperazine rings is 1. The first-order valence-corrected chi connectivity index (χ1v) is 10.7. The summed E-state index contributed by atoms with van der Waals surface area (Å²) < 4.78 is 10.9. The van der Waals surface area contributed by atoms with Crippen LogP contribution in [0.3, 0.4) is 0 Å². The summed E-state index contributed by atoms with van der Waals surface area (Å²) in [5, 5.41) is 8.89. The number of carbonyl (C=O) groups is 1. The second-order valence-corrected chi connectivity index (χ2v) is 7.90. The Morgan fingerprint density at radius 2 is 1.69 bits per heavy atom. The average molecular weight is 433 g/mol. The molecule has 4 rings (SSSR count). The number of methoxy groups -OCH3 is 1. The zero-order valence-corrected chi connectivity index (χ0v) is 18.7. The second-order valence-electron chi connectivity index (χ2n) is 7.90. The second kappa shape index (κ2) is 9.68. The van der Waals surface area contributed by atoms with Crippen LogP contribution in [0.2, 0.25) is 0 Å². The third-order valence-electron chi connectivity index (χ3n) is 5.68. The highest BCUT2D eigenvalue weighted by Crippen LogP contribution is 2.26. The maximum absolute atomic E-state index is 12.6. The van der Waals surface area contributed by atoms with Gasteiger partial charge >= 0.3 is 0 Å². The van der Waals surface area contributed by atoms with Crippen molar-refractivity contribution < 1.29 is 14.3 Å². The molecule has 1 fully saturated rings. The Morgan fingerprint density at radius 1 is 0.938 bits per heavy atom. The largest absolute Gasteiger partial charge is 0.493 e. The van der Waals surface area contributed by atoms with Crippen molar-refractivity contribution in [3.05, 3.63) is 65.7 Å². The van der Waals surface area contributed by atoms with Crippen LogP contribution < -0.4 is 14.4 Å². The van der Waals surface area contributed by atoms with Crippen molar-refractivity contribution in [1.29, 1.82) is 0 Å². The van der Waals surface area contributed by atoms with E-state index in [9.17, 15) is 4.79 Å². The van der Waals surface area contributed by atoms with Crippen LogP contribution in [0.5, 0.6) is 11.5 Å². The fourth-order valence-electron chi connectivity index (χ4n) is 3.89. The summed E-state index contributed by atoms with van der Waals surface area (Å²) >= 11 is 0. The van der Waals surface area contributed by atoms with Gasteiger partial charge in [-0.05, 0) is 43.7 Å². The molecule has 0 unspecified atom stereocenters. The van der Waals surface area contributed by atoms with E-state index >= 15 is 0 Å². The van der Waals surface area contributed by atoms with Gasteiger partial charge in [0.2, 0.25) is 0 Å². The van der Waals surface area contributed by atoms with E-state index in [2.05, 4.69) is 47.1 Å². The van der Waals surface area contributed by atoms with Gasteiger partial charge in [0, 0.05) is 31.7 Å². The first-order chi connectivity index (χ1) is 15.5. The number of benzene rings is 2. The molecule has 166 valence electrons. The van der Waals surface area contributed by atoms with Crippen LogP contribution >= 0.6 is 0 Å². The first kappa shape index (κ1) is 21.6. The average Bonchev–Trinajstić information content (AvgIpc) is 2.83. The van der Waals surface area contributed by atoms with Crippen molar-refractivity contribution in [2.45, 2.75) is 13.8 Å². The third kappa shape index (κ3) is 4.82. The number of nitrogens with zero attached hydrogens (tertiary/aromatic N) is 4. The number of para-hydroxylation sites is 2. The normalized spacial score (nSPS) is 13.7. The predicted octanol–water partition coefficient (Wildman–Crippen LogP) is 3.50. The summed E-state index contributed by atoms with van der Waals surface area (Å²) in [6.07, 6.45) is 0.